The van der Waals surface area contributed by atoms with Gasteiger partial charge in [-0.3, -0.25) is 9.59 Å². The van der Waals surface area contributed by atoms with Crippen LogP contribution in [0.15, 0.2) is 42.0 Å². The molecule has 3 heterocycles. The average molecular weight is 618 g/mol. The Labute approximate surface area is 267 Å². The molecule has 0 atom stereocenters. The molecule has 1 N–H and O–H groups in total. The topological polar surface area (TPSA) is 110 Å². The fraction of sp³-hybridized carbons (Fsp3) is 0.438. The van der Waals surface area contributed by atoms with Gasteiger partial charge in [0.1, 0.15) is 5.75 Å². The first-order chi connectivity index (χ1) is 25.0. The monoisotopic (exact) mass is 617 g/mol. The van der Waals surface area contributed by atoms with Crippen LogP contribution >= 0.6 is 0 Å². The van der Waals surface area contributed by atoms with E-state index in [-0.39, 0.29) is 46.5 Å². The molecule has 228 valence electrons. The number of fused-ring (bicyclic) bond motifs is 4. The molecule has 2 aromatic carbocycles. The maximum atomic E-state index is 14.4. The molecule has 3 aromatic rings. The molecule has 0 radical (unpaired) electrons. The Hall–Kier alpha value is -3.67. The highest BCUT2D eigenvalue weighted by atomic mass is 32.2. The molecule has 4 bridgehead atoms. The number of hydrogen-bond acceptors (Lipinski definition) is 6. The molecular weight excluding hydrogens is 568 g/mol. The maximum Gasteiger partial charge on any atom is 0.303 e. The van der Waals surface area contributed by atoms with Gasteiger partial charge in [-0.2, -0.15) is 12.7 Å². The largest absolute Gasteiger partial charge is 0.497 e. The summed E-state index contributed by atoms with van der Waals surface area (Å²) >= 11 is 0. The zero-order valence-corrected chi connectivity index (χ0v) is 24.0. The molecule has 1 aliphatic carbocycles. The summed E-state index contributed by atoms with van der Waals surface area (Å²) in [7, 11) is -7.79. The van der Waals surface area contributed by atoms with Crippen LogP contribution in [0.3, 0.4) is 0 Å². The number of nitrogens with one attached hydrogen (secondary N) is 1. The van der Waals surface area contributed by atoms with Crippen molar-refractivity contribution in [2.75, 3.05) is 47.3 Å². The Balaban J connectivity index is 1.63. The van der Waals surface area contributed by atoms with Gasteiger partial charge in [0.05, 0.1) is 36.6 Å². The summed E-state index contributed by atoms with van der Waals surface area (Å²) in [6.45, 7) is -8.65. The lowest BCUT2D eigenvalue weighted by Gasteiger charge is -2.24. The van der Waals surface area contributed by atoms with Crippen molar-refractivity contribution in [1.29, 1.82) is 0 Å². The van der Waals surface area contributed by atoms with Crippen molar-refractivity contribution in [3.63, 3.8) is 0 Å². The number of methoxy groups -OCH3 is 1. The summed E-state index contributed by atoms with van der Waals surface area (Å²) in [6.07, 6.45) is 1.43. The molecule has 43 heavy (non-hydrogen) atoms. The summed E-state index contributed by atoms with van der Waals surface area (Å²) in [5.41, 5.74) is 2.29. The van der Waals surface area contributed by atoms with Crippen LogP contribution < -0.4 is 9.46 Å². The summed E-state index contributed by atoms with van der Waals surface area (Å²) in [4.78, 5) is 28.6. The normalized spacial score (nSPS) is 26.3. The molecule has 1 aromatic heterocycles. The number of likely N-dealkylation sites (N-methyl/N-ethyl adjacent to an activating group) is 2. The van der Waals surface area contributed by atoms with E-state index in [1.165, 1.54) is 30.3 Å². The van der Waals surface area contributed by atoms with Crippen LogP contribution in [0.2, 0.25) is 0 Å². The number of ether oxygens (including phenoxy) is 2. The van der Waals surface area contributed by atoms with Crippen LogP contribution in [-0.4, -0.2) is 81.3 Å². The first-order valence-electron chi connectivity index (χ1n) is 19.4. The third-order valence-electron chi connectivity index (χ3n) is 8.10. The van der Waals surface area contributed by atoms with E-state index >= 15 is 0 Å². The van der Waals surface area contributed by atoms with Crippen LogP contribution in [0.4, 0.5) is 0 Å². The van der Waals surface area contributed by atoms with Crippen molar-refractivity contribution in [3.05, 3.63) is 58.7 Å². The third kappa shape index (κ3) is 5.57. The molecule has 0 spiro atoms. The van der Waals surface area contributed by atoms with Crippen LogP contribution in [0, 0.1) is 0 Å². The molecule has 3 aliphatic rings. The molecular formula is C32H38N4O6S. The highest BCUT2D eigenvalue weighted by molar-refractivity contribution is 7.87. The molecule has 1 saturated carbocycles. The molecule has 6 rings (SSSR count). The van der Waals surface area contributed by atoms with Crippen molar-refractivity contribution in [2.45, 2.75) is 44.5 Å². The Bertz CT molecular complexity index is 2120. The Kier molecular flexibility index (Phi) is 5.17. The van der Waals surface area contributed by atoms with Gasteiger partial charge in [-0.25, -0.2) is 4.72 Å². The number of nitrogens with zero attached hydrogens (tertiary/aromatic N) is 3. The minimum atomic E-state index is -4.98. The van der Waals surface area contributed by atoms with Gasteiger partial charge < -0.3 is 18.9 Å². The summed E-state index contributed by atoms with van der Waals surface area (Å²) in [5.74, 6) is -2.33. The van der Waals surface area contributed by atoms with E-state index in [2.05, 4.69) is 0 Å². The summed E-state index contributed by atoms with van der Waals surface area (Å²) < 4.78 is 129. The third-order valence-corrected chi connectivity index (χ3v) is 9.30. The SMILES string of the molecule is [2H]C1([2H])CCC(c2c3n4c5cc(ccc25)C(=O)NS(=O)(=O)N(C([2H])([2H])[2H])CCOCCN(C([2H])([2H])[2H])C(=O)C(=Cc2cc(OC([2H])([2H])[2H])ccc2-3)C4)CC1. The van der Waals surface area contributed by atoms with E-state index in [0.29, 0.717) is 45.5 Å². The van der Waals surface area contributed by atoms with Crippen molar-refractivity contribution in [1.82, 2.24) is 18.5 Å². The minimum absolute atomic E-state index is 0.0316. The van der Waals surface area contributed by atoms with Crippen molar-refractivity contribution >= 4 is 39.0 Å². The van der Waals surface area contributed by atoms with Gasteiger partial charge in [0.2, 0.25) is 0 Å². The second-order valence-electron chi connectivity index (χ2n) is 10.7. The number of rotatable bonds is 2. The second-order valence-corrected chi connectivity index (χ2v) is 12.3. The van der Waals surface area contributed by atoms with E-state index in [9.17, 15) is 18.0 Å². The van der Waals surface area contributed by atoms with E-state index in [4.69, 9.17) is 24.6 Å². The number of carbonyl (C=O) groups is 2. The van der Waals surface area contributed by atoms with Gasteiger partial charge in [-0.15, -0.1) is 0 Å². The highest BCUT2D eigenvalue weighted by Crippen LogP contribution is 2.47. The quantitative estimate of drug-likeness (QED) is 0.463. The number of carbonyl (C=O) groups excluding carboxylic acids is 2. The standard InChI is InChI=1S/C32H38N4O6S/c1-34-13-15-42-16-14-35(2)43(39,40)33-31(37)22-9-11-27-28(19-22)36-20-24(32(34)38)17-23-18-25(41-3)10-12-26(23)30(36)29(27)21-7-5-4-6-8-21/h9-12,17-19,21H,4-8,13-16,20H2,1-3H3,(H,33,37)/i1D3,2D3,3D3,4D2. The van der Waals surface area contributed by atoms with Crippen LogP contribution in [-0.2, 0) is 26.3 Å². The number of amides is 2. The fourth-order valence-electron chi connectivity index (χ4n) is 6.00. The highest BCUT2D eigenvalue weighted by Gasteiger charge is 2.31. The smallest absolute Gasteiger partial charge is 0.303 e. The van der Waals surface area contributed by atoms with Gasteiger partial charge in [0, 0.05) is 65.6 Å². The van der Waals surface area contributed by atoms with E-state index in [1.54, 1.807) is 16.7 Å². The Morgan fingerprint density at radius 3 is 2.70 bits per heavy atom. The van der Waals surface area contributed by atoms with E-state index in [0.717, 1.165) is 5.56 Å². The lowest BCUT2D eigenvalue weighted by atomic mass is 9.81. The maximum absolute atomic E-state index is 14.4. The van der Waals surface area contributed by atoms with Crippen LogP contribution in [0.25, 0.3) is 28.2 Å². The van der Waals surface area contributed by atoms with Gasteiger partial charge >= 0.3 is 10.2 Å². The molecule has 0 saturated heterocycles. The van der Waals surface area contributed by atoms with Gasteiger partial charge in [0.25, 0.3) is 11.8 Å². The number of benzene rings is 2. The summed E-state index contributed by atoms with van der Waals surface area (Å²) in [6, 6.07) is 8.87. The fourth-order valence-corrected chi connectivity index (χ4v) is 6.78. The van der Waals surface area contributed by atoms with Crippen LogP contribution in [0.1, 0.15) is 74.5 Å². The summed E-state index contributed by atoms with van der Waals surface area (Å²) in [5, 5.41) is 0.599. The van der Waals surface area contributed by atoms with E-state index < -0.39 is 75.7 Å². The molecule has 2 aliphatic heterocycles. The van der Waals surface area contributed by atoms with Crippen molar-refractivity contribution in [3.8, 4) is 17.0 Å². The molecule has 2 amide bonds. The van der Waals surface area contributed by atoms with Gasteiger partial charge in [0.15, 0.2) is 0 Å². The molecule has 0 unspecified atom stereocenters. The lowest BCUT2D eigenvalue weighted by Crippen LogP contribution is -2.42. The second kappa shape index (κ2) is 11.8. The minimum Gasteiger partial charge on any atom is -0.497 e. The first-order valence-corrected chi connectivity index (χ1v) is 15.3. The number of hydrogen-bond donors (Lipinski definition) is 1. The van der Waals surface area contributed by atoms with Gasteiger partial charge in [-0.05, 0) is 66.3 Å². The Morgan fingerprint density at radius 2 is 1.91 bits per heavy atom. The van der Waals surface area contributed by atoms with Crippen molar-refractivity contribution in [2.24, 2.45) is 0 Å². The zero-order chi connectivity index (χ0) is 39.6. The predicted octanol–water partition coefficient (Wildman–Crippen LogP) is 4.16. The first kappa shape index (κ1) is 18.9. The van der Waals surface area contributed by atoms with Crippen LogP contribution in [0.5, 0.6) is 5.75 Å². The zero-order valence-electron chi connectivity index (χ0n) is 34.2. The van der Waals surface area contributed by atoms with E-state index in [1.807, 2.05) is 4.72 Å². The lowest BCUT2D eigenvalue weighted by molar-refractivity contribution is -0.126. The number of aromatic nitrogens is 1. The Morgan fingerprint density at radius 1 is 1.07 bits per heavy atom. The average Bonchev–Trinajstić information content (AvgIpc) is 3.23. The van der Waals surface area contributed by atoms with Crippen molar-refractivity contribution < 1.29 is 42.6 Å². The predicted molar refractivity (Wildman–Crippen MR) is 165 cm³/mol. The molecule has 1 fully saturated rings. The molecule has 11 heteroatoms. The molecule has 10 nitrogen and oxygen atoms in total. The van der Waals surface area contributed by atoms with Gasteiger partial charge in [-0.1, -0.05) is 25.3 Å².